The van der Waals surface area contributed by atoms with Gasteiger partial charge in [0.25, 0.3) is 0 Å². The normalized spacial score (nSPS) is 13.9. The van der Waals surface area contributed by atoms with E-state index in [0.717, 1.165) is 41.9 Å². The van der Waals surface area contributed by atoms with E-state index in [-0.39, 0.29) is 5.84 Å². The molecule has 0 saturated heterocycles. The molecule has 5 nitrogen and oxygen atoms in total. The number of allylic oxidation sites excluding steroid dienone is 2. The van der Waals surface area contributed by atoms with Gasteiger partial charge in [-0.05, 0) is 41.3 Å². The Bertz CT molecular complexity index is 1110. The van der Waals surface area contributed by atoms with Crippen LogP contribution in [0.2, 0.25) is 0 Å². The Labute approximate surface area is 171 Å². The van der Waals surface area contributed by atoms with Crippen molar-refractivity contribution in [2.45, 2.75) is 6.42 Å². The van der Waals surface area contributed by atoms with Crippen molar-refractivity contribution >= 4 is 22.3 Å². The Balaban J connectivity index is 1.53. The molecule has 3 aromatic rings. The predicted octanol–water partition coefficient (Wildman–Crippen LogP) is 3.89. The molecule has 0 atom stereocenters. The van der Waals surface area contributed by atoms with Crippen molar-refractivity contribution in [2.24, 2.45) is 12.8 Å². The zero-order valence-corrected chi connectivity index (χ0v) is 16.9. The molecule has 0 aliphatic carbocycles. The number of fused-ring (bicyclic) bond motifs is 1. The summed E-state index contributed by atoms with van der Waals surface area (Å²) >= 11 is 0. The highest BCUT2D eigenvalue weighted by Gasteiger charge is 2.17. The van der Waals surface area contributed by atoms with E-state index in [4.69, 9.17) is 15.9 Å². The number of hydrogen-bond donors (Lipinski definition) is 2. The van der Waals surface area contributed by atoms with Gasteiger partial charge < -0.3 is 19.9 Å². The van der Waals surface area contributed by atoms with Crippen molar-refractivity contribution in [3.05, 3.63) is 89.5 Å². The zero-order valence-electron chi connectivity index (χ0n) is 16.9. The summed E-state index contributed by atoms with van der Waals surface area (Å²) in [4.78, 5) is 2.27. The summed E-state index contributed by atoms with van der Waals surface area (Å²) in [5.74, 6) is 0.987. The number of amidine groups is 1. The van der Waals surface area contributed by atoms with E-state index >= 15 is 0 Å². The zero-order chi connectivity index (χ0) is 20.4. The van der Waals surface area contributed by atoms with Crippen molar-refractivity contribution < 1.29 is 4.74 Å². The number of aryl methyl sites for hydroxylation is 1. The molecule has 1 aliphatic rings. The minimum atomic E-state index is 0.103. The highest BCUT2D eigenvalue weighted by Crippen LogP contribution is 2.25. The molecule has 4 rings (SSSR count). The first-order valence-electron chi connectivity index (χ1n) is 9.74. The van der Waals surface area contributed by atoms with Crippen LogP contribution < -0.4 is 5.73 Å². The van der Waals surface area contributed by atoms with Crippen LogP contribution in [0.4, 0.5) is 0 Å². The van der Waals surface area contributed by atoms with Crippen molar-refractivity contribution in [1.29, 1.82) is 5.41 Å². The monoisotopic (exact) mass is 386 g/mol. The van der Waals surface area contributed by atoms with E-state index in [9.17, 15) is 0 Å². The van der Waals surface area contributed by atoms with Gasteiger partial charge in [0.05, 0.1) is 7.11 Å². The summed E-state index contributed by atoms with van der Waals surface area (Å²) in [5, 5.41) is 8.88. The Hall–Kier alpha value is -3.47. The fraction of sp³-hybridized carbons (Fsp3) is 0.208. The molecule has 148 valence electrons. The summed E-state index contributed by atoms with van der Waals surface area (Å²) in [6.45, 7) is 1.66. The first kappa shape index (κ1) is 18.9. The van der Waals surface area contributed by atoms with Crippen molar-refractivity contribution in [3.63, 3.8) is 0 Å². The fourth-order valence-electron chi connectivity index (χ4n) is 3.91. The van der Waals surface area contributed by atoms with Crippen molar-refractivity contribution in [3.8, 4) is 0 Å². The molecular formula is C24H26N4O. The first-order valence-corrected chi connectivity index (χ1v) is 9.74. The molecule has 0 radical (unpaired) electrons. The molecule has 0 amide bonds. The summed E-state index contributed by atoms with van der Waals surface area (Å²) in [6.07, 6.45) is 6.98. The van der Waals surface area contributed by atoms with E-state index in [0.29, 0.717) is 0 Å². The van der Waals surface area contributed by atoms with Crippen LogP contribution in [-0.2, 0) is 18.2 Å². The highest BCUT2D eigenvalue weighted by molar-refractivity contribution is 6.07. The number of ether oxygens (including phenoxy) is 1. The van der Waals surface area contributed by atoms with Gasteiger partial charge in [-0.3, -0.25) is 5.41 Å². The molecule has 0 bridgehead atoms. The Morgan fingerprint density at radius 3 is 2.66 bits per heavy atom. The Kier molecular flexibility index (Phi) is 5.12. The molecule has 3 N–H and O–H groups in total. The molecule has 1 aliphatic heterocycles. The highest BCUT2D eigenvalue weighted by atomic mass is 16.5. The summed E-state index contributed by atoms with van der Waals surface area (Å²) in [5.41, 5.74) is 11.4. The second kappa shape index (κ2) is 7.87. The number of nitrogens with one attached hydrogen (secondary N) is 1. The molecule has 2 aromatic carbocycles. The van der Waals surface area contributed by atoms with E-state index in [1.54, 1.807) is 7.11 Å². The third-order valence-electron chi connectivity index (χ3n) is 5.47. The predicted molar refractivity (Wildman–Crippen MR) is 119 cm³/mol. The van der Waals surface area contributed by atoms with Crippen LogP contribution in [0.3, 0.4) is 0 Å². The SMILES string of the molecule is COC1=CC=C(c2ccccc2)CN1CCc1ccc2c(c1)c(C(=N)N)cn2C. The molecular weight excluding hydrogens is 360 g/mol. The van der Waals surface area contributed by atoms with Crippen molar-refractivity contribution in [2.75, 3.05) is 20.2 Å². The number of nitrogen functional groups attached to an aromatic ring is 1. The number of hydrogen-bond acceptors (Lipinski definition) is 3. The molecule has 0 unspecified atom stereocenters. The lowest BCUT2D eigenvalue weighted by Crippen LogP contribution is -2.30. The van der Waals surface area contributed by atoms with Gasteiger partial charge >= 0.3 is 0 Å². The van der Waals surface area contributed by atoms with Gasteiger partial charge in [-0.1, -0.05) is 42.5 Å². The molecule has 2 heterocycles. The van der Waals surface area contributed by atoms with Crippen LogP contribution in [0, 0.1) is 5.41 Å². The number of nitrogens with two attached hydrogens (primary N) is 1. The molecule has 0 spiro atoms. The molecule has 0 fully saturated rings. The number of methoxy groups -OCH3 is 1. The minimum Gasteiger partial charge on any atom is -0.482 e. The van der Waals surface area contributed by atoms with Gasteiger partial charge in [0.1, 0.15) is 5.84 Å². The molecule has 29 heavy (non-hydrogen) atoms. The topological polar surface area (TPSA) is 67.3 Å². The largest absolute Gasteiger partial charge is 0.482 e. The first-order chi connectivity index (χ1) is 14.1. The number of rotatable bonds is 6. The van der Waals surface area contributed by atoms with E-state index in [2.05, 4.69) is 53.4 Å². The maximum absolute atomic E-state index is 7.84. The second-order valence-electron chi connectivity index (χ2n) is 7.36. The van der Waals surface area contributed by atoms with E-state index < -0.39 is 0 Å². The second-order valence-corrected chi connectivity index (χ2v) is 7.36. The van der Waals surface area contributed by atoms with E-state index in [1.807, 2.05) is 30.0 Å². The maximum atomic E-state index is 7.84. The third-order valence-corrected chi connectivity index (χ3v) is 5.47. The van der Waals surface area contributed by atoms with Gasteiger partial charge in [0.15, 0.2) is 5.88 Å². The number of aromatic nitrogens is 1. The fourth-order valence-corrected chi connectivity index (χ4v) is 3.91. The lowest BCUT2D eigenvalue weighted by molar-refractivity contribution is 0.163. The van der Waals surface area contributed by atoms with Gasteiger partial charge in [0.2, 0.25) is 0 Å². The molecule has 1 aromatic heterocycles. The molecule has 0 saturated carbocycles. The van der Waals surface area contributed by atoms with Crippen LogP contribution in [0.25, 0.3) is 16.5 Å². The Morgan fingerprint density at radius 1 is 1.14 bits per heavy atom. The molecule has 5 heteroatoms. The smallest absolute Gasteiger partial charge is 0.189 e. The number of benzene rings is 2. The van der Waals surface area contributed by atoms with Gasteiger partial charge in [-0.2, -0.15) is 0 Å². The summed E-state index contributed by atoms with van der Waals surface area (Å²) in [6, 6.07) is 16.9. The van der Waals surface area contributed by atoms with Crippen molar-refractivity contribution in [1.82, 2.24) is 9.47 Å². The van der Waals surface area contributed by atoms with Crippen LogP contribution in [0.5, 0.6) is 0 Å². The third kappa shape index (κ3) is 3.76. The average molecular weight is 386 g/mol. The number of nitrogens with zero attached hydrogens (tertiary/aromatic N) is 2. The Morgan fingerprint density at radius 2 is 1.93 bits per heavy atom. The van der Waals surface area contributed by atoms with Gasteiger partial charge in [-0.25, -0.2) is 0 Å². The lowest BCUT2D eigenvalue weighted by atomic mass is 10.0. The van der Waals surface area contributed by atoms with Crippen LogP contribution in [-0.4, -0.2) is 35.5 Å². The quantitative estimate of drug-likeness (QED) is 0.499. The van der Waals surface area contributed by atoms with Gasteiger partial charge in [0, 0.05) is 42.8 Å². The maximum Gasteiger partial charge on any atom is 0.189 e. The van der Waals surface area contributed by atoms with Gasteiger partial charge in [-0.15, -0.1) is 0 Å². The summed E-state index contributed by atoms with van der Waals surface area (Å²) < 4.78 is 7.61. The standard InChI is InChI=1S/C24H26N4O/c1-27-16-21(24(25)26)20-14-17(8-10-22(20)27)12-13-28-15-19(9-11-23(28)29-2)18-6-4-3-5-7-18/h3-11,14,16H,12-13,15H2,1-2H3,(H3,25,26). The van der Waals surface area contributed by atoms with Crippen LogP contribution in [0.15, 0.2) is 72.8 Å². The van der Waals surface area contributed by atoms with Crippen LogP contribution >= 0.6 is 0 Å². The lowest BCUT2D eigenvalue weighted by Gasteiger charge is -2.30. The average Bonchev–Trinajstić information content (AvgIpc) is 3.09. The van der Waals surface area contributed by atoms with Crippen LogP contribution in [0.1, 0.15) is 16.7 Å². The van der Waals surface area contributed by atoms with E-state index in [1.165, 1.54) is 16.7 Å². The minimum absolute atomic E-state index is 0.103. The summed E-state index contributed by atoms with van der Waals surface area (Å²) in [7, 11) is 3.70.